The van der Waals surface area contributed by atoms with Crippen LogP contribution in [0, 0.1) is 27.0 Å². The van der Waals surface area contributed by atoms with Gasteiger partial charge in [0.2, 0.25) is 0 Å². The predicted octanol–water partition coefficient (Wildman–Crippen LogP) is 7.32. The van der Waals surface area contributed by atoms with E-state index < -0.39 is 83.5 Å². The second kappa shape index (κ2) is 13.1. The number of benzene rings is 2. The largest absolute Gasteiger partial charge is 0.444 e. The second-order valence-electron chi connectivity index (χ2n) is 10.8. The van der Waals surface area contributed by atoms with Crippen molar-refractivity contribution in [2.24, 2.45) is 0 Å². The molecule has 2 saturated heterocycles. The first kappa shape index (κ1) is 35.9. The Kier molecular flexibility index (Phi) is 10.2. The summed E-state index contributed by atoms with van der Waals surface area (Å²) in [7, 11) is 0. The van der Waals surface area contributed by atoms with E-state index in [0.717, 1.165) is 21.9 Å². The van der Waals surface area contributed by atoms with Crippen LogP contribution in [0.3, 0.4) is 0 Å². The van der Waals surface area contributed by atoms with Crippen LogP contribution >= 0.6 is 0 Å². The zero-order chi connectivity index (χ0) is 35.0. The monoisotopic (exact) mass is 656 g/mol. The van der Waals surface area contributed by atoms with Crippen molar-refractivity contribution in [2.45, 2.75) is 90.4 Å². The Balaban J connectivity index is 0.000000250. The lowest BCUT2D eigenvalue weighted by Gasteiger charge is -2.28. The number of amides is 2. The Hall–Kier alpha value is -4.54. The van der Waals surface area contributed by atoms with Crippen molar-refractivity contribution in [1.82, 2.24) is 0 Å². The molecule has 0 radical (unpaired) electrons. The van der Waals surface area contributed by atoms with Gasteiger partial charge in [-0.15, -0.1) is 0 Å². The number of aliphatic hydroxyl groups is 2. The van der Waals surface area contributed by atoms with E-state index in [-0.39, 0.29) is 22.5 Å². The summed E-state index contributed by atoms with van der Waals surface area (Å²) in [6.07, 6.45) is -14.4. The second-order valence-corrected chi connectivity index (χ2v) is 10.8. The standard InChI is InChI=1S/2C15H15F3N2O3/c2*1-7-11(6-5-10(19-4)12(7)15(16,17)18)20-13(8(2)21)9(3)23-14(20)22/h2*5-6,8-9,13,21H,1-3H3/t8-,9+,13-;8-,9-,13+/m01/s1. The number of hydrogen-bond donors (Lipinski definition) is 2. The van der Waals surface area contributed by atoms with E-state index in [1.165, 1.54) is 39.8 Å². The number of ether oxygens (including phenoxy) is 2. The summed E-state index contributed by atoms with van der Waals surface area (Å²) in [5.41, 5.74) is -3.77. The third kappa shape index (κ3) is 6.68. The molecule has 46 heavy (non-hydrogen) atoms. The minimum absolute atomic E-state index is 0.0232. The number of anilines is 2. The summed E-state index contributed by atoms with van der Waals surface area (Å²) in [4.78, 5) is 31.9. The number of nitrogens with zero attached hydrogens (tertiary/aromatic N) is 4. The van der Waals surface area contributed by atoms with Crippen LogP contribution in [0.4, 0.5) is 58.7 Å². The molecule has 0 unspecified atom stereocenters. The van der Waals surface area contributed by atoms with Gasteiger partial charge < -0.3 is 19.7 Å². The Bertz CT molecular complexity index is 1480. The number of carbonyl (C=O) groups excluding carboxylic acids is 2. The van der Waals surface area contributed by atoms with Gasteiger partial charge in [0.1, 0.15) is 24.3 Å². The highest BCUT2D eigenvalue weighted by atomic mass is 19.4. The summed E-state index contributed by atoms with van der Waals surface area (Å²) < 4.78 is 89.6. The van der Waals surface area contributed by atoms with Crippen molar-refractivity contribution in [1.29, 1.82) is 0 Å². The molecule has 16 heteroatoms. The SMILES string of the molecule is [C-]#[N+]c1ccc(N2C(=O)O[C@H](C)[C@@H]2[C@@H](C)O)c(C)c1C(F)(F)F.[C-]#[N+]c1ccc(N2C(=O)O[C@H](C)[C@@H]2[C@H](C)O)c(C)c1C(F)(F)F. The van der Waals surface area contributed by atoms with Crippen LogP contribution < -0.4 is 9.80 Å². The van der Waals surface area contributed by atoms with E-state index in [9.17, 15) is 46.1 Å². The number of halogens is 6. The van der Waals surface area contributed by atoms with Gasteiger partial charge in [-0.2, -0.15) is 26.3 Å². The molecule has 2 aromatic carbocycles. The van der Waals surface area contributed by atoms with Crippen molar-refractivity contribution < 1.29 is 55.6 Å². The van der Waals surface area contributed by atoms with Gasteiger partial charge in [-0.3, -0.25) is 9.80 Å². The highest BCUT2D eigenvalue weighted by Crippen LogP contribution is 2.45. The highest BCUT2D eigenvalue weighted by molar-refractivity contribution is 5.93. The Morgan fingerprint density at radius 2 is 1.02 bits per heavy atom. The van der Waals surface area contributed by atoms with Crippen LogP contribution in [0.15, 0.2) is 24.3 Å². The van der Waals surface area contributed by atoms with E-state index in [4.69, 9.17) is 22.6 Å². The maximum Gasteiger partial charge on any atom is 0.415 e. The van der Waals surface area contributed by atoms with Crippen molar-refractivity contribution in [3.05, 3.63) is 69.4 Å². The molecule has 0 spiro atoms. The van der Waals surface area contributed by atoms with Crippen molar-refractivity contribution >= 4 is 34.9 Å². The van der Waals surface area contributed by atoms with Gasteiger partial charge in [0.05, 0.1) is 36.5 Å². The molecule has 2 heterocycles. The number of rotatable bonds is 4. The zero-order valence-electron chi connectivity index (χ0n) is 25.4. The molecule has 2 N–H and O–H groups in total. The smallest absolute Gasteiger partial charge is 0.415 e. The molecule has 0 aromatic heterocycles. The van der Waals surface area contributed by atoms with E-state index in [0.29, 0.717) is 0 Å². The molecule has 248 valence electrons. The third-order valence-electron chi connectivity index (χ3n) is 7.67. The Morgan fingerprint density at radius 1 is 0.717 bits per heavy atom. The molecule has 0 saturated carbocycles. The number of carbonyl (C=O) groups is 2. The first-order chi connectivity index (χ1) is 21.2. The molecule has 2 aliphatic heterocycles. The lowest BCUT2D eigenvalue weighted by atomic mass is 10.00. The molecule has 6 atom stereocenters. The number of cyclic esters (lactones) is 2. The van der Waals surface area contributed by atoms with Crippen LogP contribution in [0.5, 0.6) is 0 Å². The minimum Gasteiger partial charge on any atom is -0.444 e. The number of alkyl halides is 6. The zero-order valence-corrected chi connectivity index (χ0v) is 25.4. The van der Waals surface area contributed by atoms with E-state index in [1.54, 1.807) is 13.8 Å². The number of hydrogen-bond acceptors (Lipinski definition) is 6. The fraction of sp³-hybridized carbons (Fsp3) is 0.467. The molecule has 0 aliphatic carbocycles. The molecule has 10 nitrogen and oxygen atoms in total. The molecule has 2 aliphatic rings. The summed E-state index contributed by atoms with van der Waals surface area (Å²) in [5.74, 6) is 0. The van der Waals surface area contributed by atoms with Gasteiger partial charge in [0.25, 0.3) is 0 Å². The molecular weight excluding hydrogens is 626 g/mol. The van der Waals surface area contributed by atoms with Gasteiger partial charge in [0, 0.05) is 11.4 Å². The maximum absolute atomic E-state index is 13.3. The molecule has 4 rings (SSSR count). The average molecular weight is 657 g/mol. The van der Waals surface area contributed by atoms with Gasteiger partial charge in [-0.1, -0.05) is 12.1 Å². The fourth-order valence-electron chi connectivity index (χ4n) is 5.76. The molecule has 2 amide bonds. The fourth-order valence-corrected chi connectivity index (χ4v) is 5.76. The summed E-state index contributed by atoms with van der Waals surface area (Å²) in [5, 5.41) is 19.7. The van der Waals surface area contributed by atoms with Gasteiger partial charge in [0.15, 0.2) is 11.4 Å². The first-order valence-electron chi connectivity index (χ1n) is 13.7. The topological polar surface area (TPSA) is 108 Å². The van der Waals surface area contributed by atoms with Crippen molar-refractivity contribution in [2.75, 3.05) is 9.80 Å². The quantitative estimate of drug-likeness (QED) is 0.264. The van der Waals surface area contributed by atoms with E-state index >= 15 is 0 Å². The third-order valence-corrected chi connectivity index (χ3v) is 7.67. The molecule has 2 fully saturated rings. The molecular formula is C30H30F6N4O6. The predicted molar refractivity (Wildman–Crippen MR) is 153 cm³/mol. The van der Waals surface area contributed by atoms with Crippen LogP contribution in [0.2, 0.25) is 0 Å². The highest BCUT2D eigenvalue weighted by Gasteiger charge is 2.46. The van der Waals surface area contributed by atoms with E-state index in [2.05, 4.69) is 9.69 Å². The van der Waals surface area contributed by atoms with Crippen molar-refractivity contribution in [3.63, 3.8) is 0 Å². The Morgan fingerprint density at radius 3 is 1.26 bits per heavy atom. The molecule has 0 bridgehead atoms. The maximum atomic E-state index is 13.3. The Labute approximate surface area is 260 Å². The number of aliphatic hydroxyl groups excluding tert-OH is 2. The lowest BCUT2D eigenvalue weighted by Crippen LogP contribution is -2.44. The van der Waals surface area contributed by atoms with Crippen LogP contribution in [0.25, 0.3) is 9.69 Å². The summed E-state index contributed by atoms with van der Waals surface area (Å²) in [6.45, 7) is 22.2. The lowest BCUT2D eigenvalue weighted by molar-refractivity contribution is -0.138. The van der Waals surface area contributed by atoms with Gasteiger partial charge >= 0.3 is 24.5 Å². The van der Waals surface area contributed by atoms with Crippen LogP contribution in [0.1, 0.15) is 49.9 Å². The minimum atomic E-state index is -4.73. The van der Waals surface area contributed by atoms with Gasteiger partial charge in [-0.25, -0.2) is 19.3 Å². The average Bonchev–Trinajstić information content (AvgIpc) is 3.39. The summed E-state index contributed by atoms with van der Waals surface area (Å²) in [6, 6.07) is 2.97. The molecule has 2 aromatic rings. The van der Waals surface area contributed by atoms with Crippen molar-refractivity contribution in [3.8, 4) is 0 Å². The van der Waals surface area contributed by atoms with E-state index in [1.807, 2.05) is 0 Å². The van der Waals surface area contributed by atoms with Gasteiger partial charge in [-0.05, 0) is 64.8 Å². The summed E-state index contributed by atoms with van der Waals surface area (Å²) >= 11 is 0. The van der Waals surface area contributed by atoms with Crippen LogP contribution in [-0.4, -0.2) is 58.9 Å². The first-order valence-corrected chi connectivity index (χ1v) is 13.7. The normalized spacial score (nSPS) is 22.7. The van der Waals surface area contributed by atoms with Crippen LogP contribution in [-0.2, 0) is 21.8 Å².